The Hall–Kier alpha value is -3.12. The van der Waals surface area contributed by atoms with E-state index in [9.17, 15) is 4.79 Å². The highest BCUT2D eigenvalue weighted by Gasteiger charge is 2.18. The van der Waals surface area contributed by atoms with E-state index in [1.165, 1.54) is 0 Å². The van der Waals surface area contributed by atoms with Crippen LogP contribution in [0.25, 0.3) is 16.9 Å². The predicted molar refractivity (Wildman–Crippen MR) is 95.0 cm³/mol. The number of carbonyl (C=O) groups is 1. The molecule has 128 valence electrons. The summed E-state index contributed by atoms with van der Waals surface area (Å²) in [5.41, 5.74) is 2.62. The smallest absolute Gasteiger partial charge is 0.255 e. The third-order valence-electron chi connectivity index (χ3n) is 3.72. The minimum absolute atomic E-state index is 0.118. The molecular weight excluding hydrogens is 318 g/mol. The Morgan fingerprint density at radius 1 is 1.20 bits per heavy atom. The first-order valence-corrected chi connectivity index (χ1v) is 7.91. The number of methoxy groups -OCH3 is 1. The van der Waals surface area contributed by atoms with Gasteiger partial charge in [-0.05, 0) is 24.3 Å². The zero-order chi connectivity index (χ0) is 17.6. The number of benzene rings is 2. The molecule has 3 rings (SSSR count). The van der Waals surface area contributed by atoms with Gasteiger partial charge in [-0.15, -0.1) is 0 Å². The van der Waals surface area contributed by atoms with E-state index >= 15 is 0 Å². The van der Waals surface area contributed by atoms with Crippen LogP contribution in [0.1, 0.15) is 10.4 Å². The lowest BCUT2D eigenvalue weighted by Gasteiger charge is -2.05. The van der Waals surface area contributed by atoms with Crippen LogP contribution in [0.15, 0.2) is 60.8 Å². The topological polar surface area (TPSA) is 76.4 Å². The summed E-state index contributed by atoms with van der Waals surface area (Å²) in [6, 6.07) is 17.0. The van der Waals surface area contributed by atoms with E-state index in [0.717, 1.165) is 11.3 Å². The van der Waals surface area contributed by atoms with Crippen LogP contribution in [-0.2, 0) is 0 Å². The minimum Gasteiger partial charge on any atom is -0.497 e. The van der Waals surface area contributed by atoms with Gasteiger partial charge in [0, 0.05) is 18.3 Å². The zero-order valence-electron chi connectivity index (χ0n) is 13.8. The fourth-order valence-corrected chi connectivity index (χ4v) is 2.50. The van der Waals surface area contributed by atoms with Crippen LogP contribution in [0.2, 0.25) is 0 Å². The van der Waals surface area contributed by atoms with E-state index in [2.05, 4.69) is 10.4 Å². The van der Waals surface area contributed by atoms with E-state index in [-0.39, 0.29) is 19.1 Å². The maximum absolute atomic E-state index is 12.5. The number of aliphatic hydroxyl groups excluding tert-OH is 1. The standard InChI is InChI=1S/C19H19N3O3/c1-25-16-9-5-6-14(12-16)18-17(19(24)20-10-11-23)13-22(21-18)15-7-3-2-4-8-15/h2-9,12-13,23H,10-11H2,1H3,(H,20,24). The molecule has 2 aromatic carbocycles. The third kappa shape index (κ3) is 3.70. The quantitative estimate of drug-likeness (QED) is 0.723. The largest absolute Gasteiger partial charge is 0.497 e. The monoisotopic (exact) mass is 337 g/mol. The molecule has 1 heterocycles. The Balaban J connectivity index is 2.07. The summed E-state index contributed by atoms with van der Waals surface area (Å²) in [5, 5.41) is 16.2. The van der Waals surface area contributed by atoms with Gasteiger partial charge in [-0.25, -0.2) is 4.68 Å². The molecule has 1 aromatic heterocycles. The molecule has 0 unspecified atom stereocenters. The van der Waals surface area contributed by atoms with Crippen molar-refractivity contribution in [3.8, 4) is 22.7 Å². The van der Waals surface area contributed by atoms with Crippen molar-refractivity contribution in [3.05, 3.63) is 66.4 Å². The van der Waals surface area contributed by atoms with E-state index < -0.39 is 0 Å². The van der Waals surface area contributed by atoms with Crippen LogP contribution < -0.4 is 10.1 Å². The lowest BCUT2D eigenvalue weighted by atomic mass is 10.1. The third-order valence-corrected chi connectivity index (χ3v) is 3.72. The van der Waals surface area contributed by atoms with Crippen molar-refractivity contribution in [3.63, 3.8) is 0 Å². The number of hydrogen-bond acceptors (Lipinski definition) is 4. The molecule has 0 fully saturated rings. The second-order valence-electron chi connectivity index (χ2n) is 5.38. The van der Waals surface area contributed by atoms with Gasteiger partial charge in [0.15, 0.2) is 0 Å². The van der Waals surface area contributed by atoms with Crippen molar-refractivity contribution in [1.29, 1.82) is 0 Å². The summed E-state index contributed by atoms with van der Waals surface area (Å²) < 4.78 is 6.93. The molecule has 0 radical (unpaired) electrons. The maximum Gasteiger partial charge on any atom is 0.255 e. The van der Waals surface area contributed by atoms with Crippen molar-refractivity contribution in [1.82, 2.24) is 15.1 Å². The van der Waals surface area contributed by atoms with E-state index in [4.69, 9.17) is 9.84 Å². The predicted octanol–water partition coefficient (Wildman–Crippen LogP) is 2.27. The van der Waals surface area contributed by atoms with Gasteiger partial charge in [-0.1, -0.05) is 30.3 Å². The number of rotatable bonds is 6. The van der Waals surface area contributed by atoms with E-state index in [1.54, 1.807) is 18.0 Å². The summed E-state index contributed by atoms with van der Waals surface area (Å²) in [6.07, 6.45) is 1.69. The van der Waals surface area contributed by atoms with Crippen molar-refractivity contribution in [2.75, 3.05) is 20.3 Å². The fraction of sp³-hybridized carbons (Fsp3) is 0.158. The van der Waals surface area contributed by atoms with Gasteiger partial charge in [0.25, 0.3) is 5.91 Å². The van der Waals surface area contributed by atoms with Crippen LogP contribution in [-0.4, -0.2) is 41.1 Å². The molecule has 2 N–H and O–H groups in total. The SMILES string of the molecule is COc1cccc(-c2nn(-c3ccccc3)cc2C(=O)NCCO)c1. The van der Waals surface area contributed by atoms with Crippen molar-refractivity contribution in [2.24, 2.45) is 0 Å². The summed E-state index contributed by atoms with van der Waals surface area (Å²) in [5.74, 6) is 0.405. The van der Waals surface area contributed by atoms with E-state index in [1.807, 2.05) is 54.6 Å². The Morgan fingerprint density at radius 3 is 2.72 bits per heavy atom. The molecule has 0 aliphatic heterocycles. The van der Waals surface area contributed by atoms with Crippen molar-refractivity contribution in [2.45, 2.75) is 0 Å². The highest BCUT2D eigenvalue weighted by Crippen LogP contribution is 2.26. The molecular formula is C19H19N3O3. The number of nitrogens with zero attached hydrogens (tertiary/aromatic N) is 2. The second-order valence-corrected chi connectivity index (χ2v) is 5.38. The Labute approximate surface area is 145 Å². The summed E-state index contributed by atoms with van der Waals surface area (Å²) in [6.45, 7) is 0.0694. The summed E-state index contributed by atoms with van der Waals surface area (Å²) >= 11 is 0. The zero-order valence-corrected chi connectivity index (χ0v) is 13.8. The highest BCUT2D eigenvalue weighted by molar-refractivity contribution is 6.00. The molecule has 25 heavy (non-hydrogen) atoms. The number of ether oxygens (including phenoxy) is 1. The molecule has 6 nitrogen and oxygen atoms in total. The molecule has 0 saturated carbocycles. The normalized spacial score (nSPS) is 10.5. The second kappa shape index (κ2) is 7.63. The molecule has 0 bridgehead atoms. The first-order chi connectivity index (χ1) is 12.2. The van der Waals surface area contributed by atoms with E-state index in [0.29, 0.717) is 17.0 Å². The average Bonchev–Trinajstić information content (AvgIpc) is 3.12. The van der Waals surface area contributed by atoms with Gasteiger partial charge >= 0.3 is 0 Å². The Morgan fingerprint density at radius 2 is 2.00 bits per heavy atom. The van der Waals surface area contributed by atoms with Crippen LogP contribution >= 0.6 is 0 Å². The lowest BCUT2D eigenvalue weighted by molar-refractivity contribution is 0.0945. The molecule has 0 aliphatic rings. The van der Waals surface area contributed by atoms with Crippen molar-refractivity contribution < 1.29 is 14.6 Å². The van der Waals surface area contributed by atoms with Gasteiger partial charge in [0.05, 0.1) is 25.0 Å². The molecule has 0 aliphatic carbocycles. The number of amides is 1. The van der Waals surface area contributed by atoms with Crippen LogP contribution in [0, 0.1) is 0 Å². The van der Waals surface area contributed by atoms with Crippen LogP contribution in [0.3, 0.4) is 0 Å². The van der Waals surface area contributed by atoms with Crippen LogP contribution in [0.4, 0.5) is 0 Å². The number of hydrogen-bond donors (Lipinski definition) is 2. The van der Waals surface area contributed by atoms with Gasteiger partial charge < -0.3 is 15.2 Å². The minimum atomic E-state index is -0.283. The number of nitrogens with one attached hydrogen (secondary N) is 1. The summed E-state index contributed by atoms with van der Waals surface area (Å²) in [4.78, 5) is 12.5. The number of para-hydroxylation sites is 1. The summed E-state index contributed by atoms with van der Waals surface area (Å²) in [7, 11) is 1.59. The molecule has 0 spiro atoms. The maximum atomic E-state index is 12.5. The molecule has 0 saturated heterocycles. The molecule has 0 atom stereocenters. The Kier molecular flexibility index (Phi) is 5.11. The first kappa shape index (κ1) is 16.7. The highest BCUT2D eigenvalue weighted by atomic mass is 16.5. The van der Waals surface area contributed by atoms with Gasteiger partial charge in [-0.2, -0.15) is 5.10 Å². The Bertz CT molecular complexity index is 859. The van der Waals surface area contributed by atoms with Gasteiger partial charge in [0.2, 0.25) is 0 Å². The average molecular weight is 337 g/mol. The lowest BCUT2D eigenvalue weighted by Crippen LogP contribution is -2.26. The fourth-order valence-electron chi connectivity index (χ4n) is 2.50. The number of aromatic nitrogens is 2. The first-order valence-electron chi connectivity index (χ1n) is 7.91. The number of carbonyl (C=O) groups excluding carboxylic acids is 1. The van der Waals surface area contributed by atoms with Crippen molar-refractivity contribution >= 4 is 5.91 Å². The van der Waals surface area contributed by atoms with Crippen LogP contribution in [0.5, 0.6) is 5.75 Å². The molecule has 6 heteroatoms. The number of aliphatic hydroxyl groups is 1. The van der Waals surface area contributed by atoms with Gasteiger partial charge in [-0.3, -0.25) is 4.79 Å². The molecule has 1 amide bonds. The van der Waals surface area contributed by atoms with Gasteiger partial charge in [0.1, 0.15) is 11.4 Å². The molecule has 3 aromatic rings.